The van der Waals surface area contributed by atoms with Gasteiger partial charge < -0.3 is 4.74 Å². The molecule has 1 fully saturated rings. The second-order valence-electron chi connectivity index (χ2n) is 4.52. The van der Waals surface area contributed by atoms with Crippen LogP contribution in [0.25, 0.3) is 0 Å². The highest BCUT2D eigenvalue weighted by molar-refractivity contribution is 4.72. The molecule has 0 spiro atoms. The highest BCUT2D eigenvalue weighted by atomic mass is 16.5. The standard InChI is InChI=1S/C9H18O/c1-9(2,3)7-10-6-8-4-5-8/h8H,4-7H2,1-3H3. The van der Waals surface area contributed by atoms with E-state index in [2.05, 4.69) is 20.8 Å². The molecule has 0 saturated heterocycles. The summed E-state index contributed by atoms with van der Waals surface area (Å²) in [6, 6.07) is 0. The van der Waals surface area contributed by atoms with Crippen molar-refractivity contribution >= 4 is 0 Å². The highest BCUT2D eigenvalue weighted by Crippen LogP contribution is 2.29. The van der Waals surface area contributed by atoms with E-state index in [0.29, 0.717) is 5.41 Å². The lowest BCUT2D eigenvalue weighted by molar-refractivity contribution is 0.0644. The maximum atomic E-state index is 5.52. The minimum Gasteiger partial charge on any atom is -0.381 e. The van der Waals surface area contributed by atoms with Crippen LogP contribution in [0.3, 0.4) is 0 Å². The Balaban J connectivity index is 1.93. The molecule has 0 amide bonds. The molecule has 0 bridgehead atoms. The normalized spacial score (nSPS) is 19.5. The molecule has 1 nitrogen and oxygen atoms in total. The Bertz CT molecular complexity index is 97.8. The minimum atomic E-state index is 0.342. The first-order valence-corrected chi connectivity index (χ1v) is 4.16. The largest absolute Gasteiger partial charge is 0.381 e. The third-order valence-electron chi connectivity index (χ3n) is 1.59. The van der Waals surface area contributed by atoms with Gasteiger partial charge >= 0.3 is 0 Å². The zero-order chi connectivity index (χ0) is 7.61. The van der Waals surface area contributed by atoms with Gasteiger partial charge in [-0.15, -0.1) is 0 Å². The van der Waals surface area contributed by atoms with Crippen molar-refractivity contribution in [1.82, 2.24) is 0 Å². The summed E-state index contributed by atoms with van der Waals surface area (Å²) in [5, 5.41) is 0. The molecule has 0 aromatic heterocycles. The SMILES string of the molecule is CC(C)(C)COCC1CC1. The summed E-state index contributed by atoms with van der Waals surface area (Å²) in [6.45, 7) is 8.53. The van der Waals surface area contributed by atoms with Crippen LogP contribution in [0, 0.1) is 11.3 Å². The molecule has 10 heavy (non-hydrogen) atoms. The molecular formula is C9H18O. The molecule has 1 aliphatic rings. The highest BCUT2D eigenvalue weighted by Gasteiger charge is 2.22. The van der Waals surface area contributed by atoms with E-state index in [1.165, 1.54) is 12.8 Å². The Morgan fingerprint density at radius 2 is 1.90 bits per heavy atom. The van der Waals surface area contributed by atoms with Gasteiger partial charge in [-0.2, -0.15) is 0 Å². The number of ether oxygens (including phenoxy) is 1. The van der Waals surface area contributed by atoms with Crippen LogP contribution in [0.4, 0.5) is 0 Å². The zero-order valence-corrected chi connectivity index (χ0v) is 7.31. The number of rotatable bonds is 3. The van der Waals surface area contributed by atoms with E-state index in [0.717, 1.165) is 19.1 Å². The van der Waals surface area contributed by atoms with Crippen molar-refractivity contribution in [2.45, 2.75) is 33.6 Å². The van der Waals surface area contributed by atoms with E-state index in [-0.39, 0.29) is 0 Å². The first-order chi connectivity index (χ1) is 4.58. The lowest BCUT2D eigenvalue weighted by Gasteiger charge is -2.17. The zero-order valence-electron chi connectivity index (χ0n) is 7.31. The molecule has 0 heterocycles. The Morgan fingerprint density at radius 1 is 1.30 bits per heavy atom. The van der Waals surface area contributed by atoms with Crippen molar-refractivity contribution in [3.05, 3.63) is 0 Å². The quantitative estimate of drug-likeness (QED) is 0.588. The summed E-state index contributed by atoms with van der Waals surface area (Å²) < 4.78 is 5.52. The van der Waals surface area contributed by atoms with Crippen LogP contribution in [-0.2, 0) is 4.74 Å². The van der Waals surface area contributed by atoms with Gasteiger partial charge in [-0.1, -0.05) is 20.8 Å². The Labute approximate surface area is 63.8 Å². The van der Waals surface area contributed by atoms with Crippen molar-refractivity contribution in [2.75, 3.05) is 13.2 Å². The predicted molar refractivity (Wildman–Crippen MR) is 43.0 cm³/mol. The van der Waals surface area contributed by atoms with E-state index in [1.807, 2.05) is 0 Å². The monoisotopic (exact) mass is 142 g/mol. The summed E-state index contributed by atoms with van der Waals surface area (Å²) >= 11 is 0. The van der Waals surface area contributed by atoms with Crippen molar-refractivity contribution < 1.29 is 4.74 Å². The lowest BCUT2D eigenvalue weighted by Crippen LogP contribution is -2.15. The van der Waals surface area contributed by atoms with Gasteiger partial charge in [0.05, 0.1) is 6.61 Å². The van der Waals surface area contributed by atoms with Gasteiger partial charge in [0.2, 0.25) is 0 Å². The maximum Gasteiger partial charge on any atom is 0.0514 e. The van der Waals surface area contributed by atoms with Crippen LogP contribution in [0.1, 0.15) is 33.6 Å². The Hall–Kier alpha value is -0.0400. The van der Waals surface area contributed by atoms with Crippen LogP contribution < -0.4 is 0 Å². The second-order valence-corrected chi connectivity index (χ2v) is 4.52. The fraction of sp³-hybridized carbons (Fsp3) is 1.00. The van der Waals surface area contributed by atoms with Crippen molar-refractivity contribution in [2.24, 2.45) is 11.3 Å². The van der Waals surface area contributed by atoms with E-state index in [4.69, 9.17) is 4.74 Å². The summed E-state index contributed by atoms with van der Waals surface area (Å²) in [5.74, 6) is 0.905. The number of hydrogen-bond acceptors (Lipinski definition) is 1. The molecule has 0 aromatic rings. The summed E-state index contributed by atoms with van der Waals surface area (Å²) in [5.41, 5.74) is 0.342. The molecule has 0 atom stereocenters. The van der Waals surface area contributed by atoms with Crippen LogP contribution in [0.5, 0.6) is 0 Å². The van der Waals surface area contributed by atoms with Crippen LogP contribution in [0.15, 0.2) is 0 Å². The van der Waals surface area contributed by atoms with Gasteiger partial charge in [0.25, 0.3) is 0 Å². The smallest absolute Gasteiger partial charge is 0.0514 e. The maximum absolute atomic E-state index is 5.52. The van der Waals surface area contributed by atoms with Crippen LogP contribution >= 0.6 is 0 Å². The first kappa shape index (κ1) is 8.06. The summed E-state index contributed by atoms with van der Waals surface area (Å²) in [4.78, 5) is 0. The molecule has 1 rings (SSSR count). The van der Waals surface area contributed by atoms with Gasteiger partial charge in [0.15, 0.2) is 0 Å². The molecule has 0 unspecified atom stereocenters. The van der Waals surface area contributed by atoms with E-state index >= 15 is 0 Å². The third kappa shape index (κ3) is 3.89. The fourth-order valence-corrected chi connectivity index (χ4v) is 0.816. The molecule has 60 valence electrons. The van der Waals surface area contributed by atoms with Crippen molar-refractivity contribution in [1.29, 1.82) is 0 Å². The van der Waals surface area contributed by atoms with Crippen molar-refractivity contribution in [3.63, 3.8) is 0 Å². The minimum absolute atomic E-state index is 0.342. The second kappa shape index (κ2) is 2.91. The van der Waals surface area contributed by atoms with Crippen molar-refractivity contribution in [3.8, 4) is 0 Å². The average molecular weight is 142 g/mol. The Kier molecular flexibility index (Phi) is 2.35. The third-order valence-corrected chi connectivity index (χ3v) is 1.59. The first-order valence-electron chi connectivity index (χ1n) is 4.16. The van der Waals surface area contributed by atoms with Gasteiger partial charge in [0, 0.05) is 6.61 Å². The Morgan fingerprint density at radius 3 is 2.30 bits per heavy atom. The molecule has 0 radical (unpaired) electrons. The van der Waals surface area contributed by atoms with E-state index < -0.39 is 0 Å². The molecule has 0 aliphatic heterocycles. The summed E-state index contributed by atoms with van der Waals surface area (Å²) in [7, 11) is 0. The van der Waals surface area contributed by atoms with Gasteiger partial charge in [0.1, 0.15) is 0 Å². The molecule has 0 N–H and O–H groups in total. The average Bonchev–Trinajstić information content (AvgIpc) is 2.45. The summed E-state index contributed by atoms with van der Waals surface area (Å²) in [6.07, 6.45) is 2.79. The predicted octanol–water partition coefficient (Wildman–Crippen LogP) is 2.46. The molecule has 0 aromatic carbocycles. The van der Waals surface area contributed by atoms with Crippen LogP contribution in [-0.4, -0.2) is 13.2 Å². The lowest BCUT2D eigenvalue weighted by atomic mass is 9.99. The van der Waals surface area contributed by atoms with Gasteiger partial charge in [-0.3, -0.25) is 0 Å². The van der Waals surface area contributed by atoms with E-state index in [9.17, 15) is 0 Å². The van der Waals surface area contributed by atoms with Gasteiger partial charge in [-0.05, 0) is 24.2 Å². The van der Waals surface area contributed by atoms with Gasteiger partial charge in [-0.25, -0.2) is 0 Å². The van der Waals surface area contributed by atoms with E-state index in [1.54, 1.807) is 0 Å². The molecule has 1 aliphatic carbocycles. The fourth-order valence-electron chi connectivity index (χ4n) is 0.816. The van der Waals surface area contributed by atoms with Crippen LogP contribution in [0.2, 0.25) is 0 Å². The molecule has 1 saturated carbocycles. The molecular weight excluding hydrogens is 124 g/mol. The topological polar surface area (TPSA) is 9.23 Å². The number of hydrogen-bond donors (Lipinski definition) is 0. The molecule has 1 heteroatoms.